The molecule has 0 aliphatic carbocycles. The average Bonchev–Trinajstić information content (AvgIpc) is 3.02. The van der Waals surface area contributed by atoms with E-state index in [1.54, 1.807) is 17.5 Å². The summed E-state index contributed by atoms with van der Waals surface area (Å²) in [5.41, 5.74) is 5.26. The maximum Gasteiger partial charge on any atom is 0.245 e. The summed E-state index contributed by atoms with van der Waals surface area (Å²) >= 11 is 1.33. The zero-order valence-electron chi connectivity index (χ0n) is 11.0. The Labute approximate surface area is 125 Å². The van der Waals surface area contributed by atoms with E-state index in [1.165, 1.54) is 11.3 Å². The van der Waals surface area contributed by atoms with Gasteiger partial charge in [0.2, 0.25) is 15.9 Å². The monoisotopic (exact) mass is 326 g/mol. The minimum absolute atomic E-state index is 0.0383. The number of rotatable bonds is 3. The number of nitrogens with two attached hydrogens (primary N) is 1. The third-order valence-corrected chi connectivity index (χ3v) is 6.62. The van der Waals surface area contributed by atoms with Crippen LogP contribution in [0.3, 0.4) is 0 Å². The third kappa shape index (κ3) is 2.34. The topological polar surface area (TPSA) is 101 Å². The lowest BCUT2D eigenvalue weighted by Crippen LogP contribution is -2.43. The van der Waals surface area contributed by atoms with Crippen LogP contribution in [0.2, 0.25) is 0 Å². The summed E-state index contributed by atoms with van der Waals surface area (Å²) in [7, 11) is -3.87. The van der Waals surface area contributed by atoms with Gasteiger partial charge in [0.25, 0.3) is 0 Å². The molecule has 112 valence electrons. The first kappa shape index (κ1) is 14.5. The number of hydrogen-bond donors (Lipinski definition) is 2. The lowest BCUT2D eigenvalue weighted by molar-refractivity contribution is -0.121. The van der Waals surface area contributed by atoms with Crippen LogP contribution in [0.1, 0.15) is 6.42 Å². The Morgan fingerprint density at radius 2 is 2.10 bits per heavy atom. The Hall–Kier alpha value is -1.48. The molecule has 1 fully saturated rings. The highest BCUT2D eigenvalue weighted by Crippen LogP contribution is 2.34. The van der Waals surface area contributed by atoms with Gasteiger partial charge in [0.05, 0.1) is 6.10 Å². The number of benzene rings is 1. The van der Waals surface area contributed by atoms with Gasteiger partial charge in [0.1, 0.15) is 10.9 Å². The van der Waals surface area contributed by atoms with E-state index in [4.69, 9.17) is 5.73 Å². The molecule has 0 saturated carbocycles. The maximum absolute atomic E-state index is 12.8. The van der Waals surface area contributed by atoms with Crippen molar-refractivity contribution in [2.24, 2.45) is 5.73 Å². The summed E-state index contributed by atoms with van der Waals surface area (Å²) in [6.07, 6.45) is -0.835. The van der Waals surface area contributed by atoms with E-state index in [0.29, 0.717) is 5.39 Å². The second kappa shape index (κ2) is 5.06. The molecule has 0 bridgehead atoms. The zero-order chi connectivity index (χ0) is 15.2. The summed E-state index contributed by atoms with van der Waals surface area (Å²) in [5.74, 6) is -0.741. The highest BCUT2D eigenvalue weighted by atomic mass is 32.2. The van der Waals surface area contributed by atoms with Crippen LogP contribution in [0.15, 0.2) is 34.5 Å². The SMILES string of the molecule is NC(=O)[C@@H]1C[C@@H](O)CN1S(=O)(=O)c1csc2ccccc12. The molecule has 8 heteroatoms. The molecular formula is C13H14N2O4S2. The summed E-state index contributed by atoms with van der Waals surface area (Å²) in [6, 6.07) is 6.16. The average molecular weight is 326 g/mol. The molecule has 0 unspecified atom stereocenters. The Bertz CT molecular complexity index is 799. The molecule has 0 spiro atoms. The molecule has 2 aromatic rings. The molecule has 3 rings (SSSR count). The number of aliphatic hydroxyl groups excluding tert-OH is 1. The normalized spacial score (nSPS) is 23.7. The van der Waals surface area contributed by atoms with Crippen molar-refractivity contribution in [1.29, 1.82) is 0 Å². The minimum atomic E-state index is -3.87. The first-order valence-electron chi connectivity index (χ1n) is 6.36. The second-order valence-corrected chi connectivity index (χ2v) is 7.75. The zero-order valence-corrected chi connectivity index (χ0v) is 12.6. The number of carbonyl (C=O) groups is 1. The molecule has 1 saturated heterocycles. The van der Waals surface area contributed by atoms with Gasteiger partial charge in [-0.1, -0.05) is 18.2 Å². The van der Waals surface area contributed by atoms with Gasteiger partial charge in [-0.05, 0) is 6.07 Å². The van der Waals surface area contributed by atoms with Crippen molar-refractivity contribution in [2.45, 2.75) is 23.5 Å². The van der Waals surface area contributed by atoms with Crippen LogP contribution in [0, 0.1) is 0 Å². The predicted molar refractivity (Wildman–Crippen MR) is 79.3 cm³/mol. The molecule has 21 heavy (non-hydrogen) atoms. The Morgan fingerprint density at radius 3 is 2.81 bits per heavy atom. The largest absolute Gasteiger partial charge is 0.392 e. The first-order chi connectivity index (χ1) is 9.91. The van der Waals surface area contributed by atoms with Gasteiger partial charge in [-0.25, -0.2) is 8.42 Å². The van der Waals surface area contributed by atoms with Crippen LogP contribution in [0.25, 0.3) is 10.1 Å². The van der Waals surface area contributed by atoms with Crippen molar-refractivity contribution >= 4 is 37.4 Å². The Balaban J connectivity index is 2.10. The van der Waals surface area contributed by atoms with E-state index in [-0.39, 0.29) is 17.9 Å². The van der Waals surface area contributed by atoms with Gasteiger partial charge >= 0.3 is 0 Å². The summed E-state index contributed by atoms with van der Waals surface area (Å²) in [6.45, 7) is -0.111. The molecule has 2 heterocycles. The highest BCUT2D eigenvalue weighted by molar-refractivity contribution is 7.89. The van der Waals surface area contributed by atoms with Gasteiger partial charge in [0, 0.05) is 28.4 Å². The smallest absolute Gasteiger partial charge is 0.245 e. The number of sulfonamides is 1. The third-order valence-electron chi connectivity index (χ3n) is 3.59. The fraction of sp³-hybridized carbons (Fsp3) is 0.308. The van der Waals surface area contributed by atoms with E-state index >= 15 is 0 Å². The molecule has 3 N–H and O–H groups in total. The Kier molecular flexibility index (Phi) is 3.48. The van der Waals surface area contributed by atoms with Crippen molar-refractivity contribution < 1.29 is 18.3 Å². The number of primary amides is 1. The number of hydrogen-bond acceptors (Lipinski definition) is 5. The molecule has 1 amide bonds. The predicted octanol–water partition coefficient (Wildman–Crippen LogP) is 0.510. The van der Waals surface area contributed by atoms with Crippen LogP contribution >= 0.6 is 11.3 Å². The number of thiophene rings is 1. The summed E-state index contributed by atoms with van der Waals surface area (Å²) in [4.78, 5) is 11.6. The quantitative estimate of drug-likeness (QED) is 0.858. The van der Waals surface area contributed by atoms with Crippen LogP contribution in [-0.2, 0) is 14.8 Å². The number of fused-ring (bicyclic) bond motifs is 1. The van der Waals surface area contributed by atoms with Crippen LogP contribution < -0.4 is 5.73 Å². The lowest BCUT2D eigenvalue weighted by Gasteiger charge is -2.20. The van der Waals surface area contributed by atoms with Gasteiger partial charge in [-0.2, -0.15) is 4.31 Å². The van der Waals surface area contributed by atoms with E-state index in [1.807, 2.05) is 12.1 Å². The molecule has 1 aliphatic heterocycles. The van der Waals surface area contributed by atoms with E-state index in [9.17, 15) is 18.3 Å². The lowest BCUT2D eigenvalue weighted by atomic mass is 10.2. The van der Waals surface area contributed by atoms with Crippen molar-refractivity contribution in [1.82, 2.24) is 4.31 Å². The van der Waals surface area contributed by atoms with Gasteiger partial charge in [0.15, 0.2) is 0 Å². The van der Waals surface area contributed by atoms with Crippen LogP contribution in [0.4, 0.5) is 0 Å². The summed E-state index contributed by atoms with van der Waals surface area (Å²) < 4.78 is 27.4. The molecule has 6 nitrogen and oxygen atoms in total. The standard InChI is InChI=1S/C13H14N2O4S2/c14-13(17)10-5-8(16)6-15(10)21(18,19)12-7-20-11-4-2-1-3-9(11)12/h1-4,7-8,10,16H,5-6H2,(H2,14,17)/t8-,10+/m1/s1. The molecule has 1 aromatic heterocycles. The maximum atomic E-state index is 12.8. The van der Waals surface area contributed by atoms with Crippen molar-refractivity contribution in [2.75, 3.05) is 6.54 Å². The number of nitrogens with zero attached hydrogens (tertiary/aromatic N) is 1. The van der Waals surface area contributed by atoms with Crippen LogP contribution in [-0.4, -0.2) is 42.4 Å². The van der Waals surface area contributed by atoms with Gasteiger partial charge < -0.3 is 10.8 Å². The number of β-amino-alcohol motifs (C(OH)–C–C–N with tert-alkyl or cyclic N) is 1. The summed E-state index contributed by atoms with van der Waals surface area (Å²) in [5, 5.41) is 11.9. The Morgan fingerprint density at radius 1 is 1.38 bits per heavy atom. The second-order valence-electron chi connectivity index (χ2n) is 4.98. The van der Waals surface area contributed by atoms with E-state index in [0.717, 1.165) is 9.01 Å². The number of amides is 1. The van der Waals surface area contributed by atoms with Crippen molar-refractivity contribution in [3.05, 3.63) is 29.6 Å². The molecule has 2 atom stereocenters. The molecule has 1 aromatic carbocycles. The van der Waals surface area contributed by atoms with Gasteiger partial charge in [-0.15, -0.1) is 11.3 Å². The van der Waals surface area contributed by atoms with Crippen LogP contribution in [0.5, 0.6) is 0 Å². The first-order valence-corrected chi connectivity index (χ1v) is 8.68. The molecule has 0 radical (unpaired) electrons. The fourth-order valence-electron chi connectivity index (χ4n) is 2.59. The van der Waals surface area contributed by atoms with Crippen molar-refractivity contribution in [3.63, 3.8) is 0 Å². The molecular weight excluding hydrogens is 312 g/mol. The highest BCUT2D eigenvalue weighted by Gasteiger charge is 2.43. The van der Waals surface area contributed by atoms with E-state index < -0.39 is 28.1 Å². The minimum Gasteiger partial charge on any atom is -0.392 e. The van der Waals surface area contributed by atoms with Gasteiger partial charge in [-0.3, -0.25) is 4.79 Å². The fourth-order valence-corrected chi connectivity index (χ4v) is 5.71. The number of carbonyl (C=O) groups excluding carboxylic acids is 1. The number of aliphatic hydroxyl groups is 1. The van der Waals surface area contributed by atoms with Crippen molar-refractivity contribution in [3.8, 4) is 0 Å². The van der Waals surface area contributed by atoms with E-state index in [2.05, 4.69) is 0 Å². The molecule has 1 aliphatic rings.